The summed E-state index contributed by atoms with van der Waals surface area (Å²) >= 11 is 2.11. The summed E-state index contributed by atoms with van der Waals surface area (Å²) in [6, 6.07) is 9.72. The third-order valence-electron chi connectivity index (χ3n) is 9.41. The molecule has 6 rings (SSSR count). The monoisotopic (exact) mass is 668 g/mol. The fourth-order valence-corrected chi connectivity index (χ4v) is 8.13. The number of likely N-dealkylation sites (tertiary alicyclic amines) is 1. The number of hydrogen-bond donors (Lipinski definition) is 1. The van der Waals surface area contributed by atoms with E-state index in [9.17, 15) is 14.7 Å². The number of carbonyl (C=O) groups excluding carboxylic acids is 2. The Hall–Kier alpha value is -2.72. The number of benzene rings is 1. The molecule has 2 aliphatic carbocycles. The molecule has 3 fully saturated rings. The molecule has 41 heavy (non-hydrogen) atoms. The van der Waals surface area contributed by atoms with E-state index < -0.39 is 0 Å². The number of aromatic hydroxyl groups is 1. The lowest BCUT2D eigenvalue weighted by Crippen LogP contribution is -2.42. The second-order valence-corrected chi connectivity index (χ2v) is 13.0. The van der Waals surface area contributed by atoms with Crippen molar-refractivity contribution >= 4 is 46.1 Å². The zero-order valence-corrected chi connectivity index (χ0v) is 25.8. The third kappa shape index (κ3) is 5.33. The first-order valence-electron chi connectivity index (χ1n) is 14.7. The van der Waals surface area contributed by atoms with Gasteiger partial charge in [-0.15, -0.1) is 0 Å². The van der Waals surface area contributed by atoms with E-state index in [2.05, 4.69) is 40.6 Å². The second-order valence-electron chi connectivity index (χ2n) is 11.8. The molecular weight excluding hydrogens is 631 g/mol. The van der Waals surface area contributed by atoms with Crippen LogP contribution in [0.2, 0.25) is 0 Å². The summed E-state index contributed by atoms with van der Waals surface area (Å²) in [5.41, 5.74) is 5.32. The van der Waals surface area contributed by atoms with Crippen molar-refractivity contribution in [3.8, 4) is 11.5 Å². The highest BCUT2D eigenvalue weighted by Gasteiger charge is 2.57. The molecule has 0 radical (unpaired) electrons. The van der Waals surface area contributed by atoms with Gasteiger partial charge in [-0.2, -0.15) is 0 Å². The predicted molar refractivity (Wildman–Crippen MR) is 165 cm³/mol. The first kappa shape index (κ1) is 28.4. The Kier molecular flexibility index (Phi) is 8.23. The van der Waals surface area contributed by atoms with E-state index in [0.29, 0.717) is 22.3 Å². The molecule has 216 valence electrons. The van der Waals surface area contributed by atoms with Crippen LogP contribution in [0.4, 0.5) is 0 Å². The molecule has 0 spiro atoms. The lowest BCUT2D eigenvalue weighted by Gasteiger charge is -2.31. The molecule has 0 unspecified atom stereocenters. The number of hydrogen-bond acceptors (Lipinski definition) is 6. The van der Waals surface area contributed by atoms with Crippen molar-refractivity contribution in [3.05, 3.63) is 62.5 Å². The van der Waals surface area contributed by atoms with Gasteiger partial charge in [-0.25, -0.2) is 0 Å². The number of allylic oxidation sites excluding steroid dienone is 2. The predicted octanol–water partition coefficient (Wildman–Crippen LogP) is 6.39. The van der Waals surface area contributed by atoms with Crippen molar-refractivity contribution in [2.75, 3.05) is 13.7 Å². The van der Waals surface area contributed by atoms with E-state index >= 15 is 0 Å². The van der Waals surface area contributed by atoms with Crippen LogP contribution in [0.1, 0.15) is 69.5 Å². The number of rotatable bonds is 7. The number of pyridine rings is 1. The largest absolute Gasteiger partial charge is 0.504 e. The van der Waals surface area contributed by atoms with Gasteiger partial charge in [-0.1, -0.05) is 30.9 Å². The van der Waals surface area contributed by atoms with E-state index in [1.54, 1.807) is 18.2 Å². The maximum absolute atomic E-state index is 13.7. The molecule has 7 nitrogen and oxygen atoms in total. The summed E-state index contributed by atoms with van der Waals surface area (Å²) in [4.78, 5) is 33.5. The van der Waals surface area contributed by atoms with E-state index in [1.165, 1.54) is 17.6 Å². The number of phenolic OH excluding ortho intramolecular Hbond substituents is 1. The van der Waals surface area contributed by atoms with E-state index in [0.717, 1.165) is 55.4 Å². The van der Waals surface area contributed by atoms with Gasteiger partial charge in [-0.05, 0) is 109 Å². The highest BCUT2D eigenvalue weighted by molar-refractivity contribution is 14.1. The lowest BCUT2D eigenvalue weighted by atomic mass is 9.70. The first-order valence-corrected chi connectivity index (χ1v) is 15.8. The Balaban J connectivity index is 1.24. The maximum Gasteiger partial charge on any atom is 0.234 e. The van der Waals surface area contributed by atoms with E-state index in [4.69, 9.17) is 9.47 Å². The van der Waals surface area contributed by atoms with Crippen LogP contribution in [0.25, 0.3) is 11.6 Å². The molecule has 1 aromatic heterocycles. The van der Waals surface area contributed by atoms with Crippen molar-refractivity contribution in [2.45, 2.75) is 70.4 Å². The van der Waals surface area contributed by atoms with Crippen molar-refractivity contribution in [3.63, 3.8) is 0 Å². The van der Waals surface area contributed by atoms with Crippen LogP contribution in [0.3, 0.4) is 0 Å². The van der Waals surface area contributed by atoms with Gasteiger partial charge < -0.3 is 14.6 Å². The van der Waals surface area contributed by atoms with Gasteiger partial charge in [0, 0.05) is 18.2 Å². The maximum atomic E-state index is 13.7. The van der Waals surface area contributed by atoms with Crippen LogP contribution in [0.15, 0.2) is 47.7 Å². The molecule has 3 heterocycles. The molecule has 1 saturated carbocycles. The number of phenols is 1. The quantitative estimate of drug-likeness (QED) is 0.209. The minimum Gasteiger partial charge on any atom is -0.504 e. The molecule has 2 aromatic rings. The topological polar surface area (TPSA) is 89.0 Å². The summed E-state index contributed by atoms with van der Waals surface area (Å²) in [7, 11) is 1.55. The Morgan fingerprint density at radius 1 is 1.17 bits per heavy atom. The number of imide groups is 1. The molecule has 4 aliphatic rings. The number of fused-ring (bicyclic) bond motifs is 3. The average molecular weight is 669 g/mol. The van der Waals surface area contributed by atoms with Crippen LogP contribution in [-0.4, -0.2) is 52.7 Å². The molecule has 2 saturated heterocycles. The number of amides is 2. The van der Waals surface area contributed by atoms with E-state index in [1.807, 2.05) is 30.3 Å². The van der Waals surface area contributed by atoms with Gasteiger partial charge in [0.2, 0.25) is 11.8 Å². The minimum absolute atomic E-state index is 0.0194. The van der Waals surface area contributed by atoms with Crippen LogP contribution in [0, 0.1) is 21.3 Å². The lowest BCUT2D eigenvalue weighted by molar-refractivity contribution is -0.143. The molecule has 0 bridgehead atoms. The van der Waals surface area contributed by atoms with Crippen LogP contribution in [0.5, 0.6) is 11.5 Å². The number of halogens is 1. The van der Waals surface area contributed by atoms with Gasteiger partial charge in [-0.3, -0.25) is 19.5 Å². The van der Waals surface area contributed by atoms with Crippen molar-refractivity contribution < 1.29 is 24.2 Å². The summed E-state index contributed by atoms with van der Waals surface area (Å²) in [6.45, 7) is 2.62. The SMILES string of the molecule is COc1cc(/C=C(/CC[C@H]2OC[C@H]3C2=C(C)C[C@H]2C(=O)N(C4CCCCC4)C(=O)[C@H]23)c2ccccn2)cc(I)c1O. The average Bonchev–Trinajstić information content (AvgIpc) is 3.52. The molecule has 8 heteroatoms. The second kappa shape index (κ2) is 11.9. The molecule has 2 amide bonds. The number of aromatic nitrogens is 1. The van der Waals surface area contributed by atoms with E-state index in [-0.39, 0.29) is 47.5 Å². The van der Waals surface area contributed by atoms with Crippen LogP contribution in [-0.2, 0) is 14.3 Å². The molecule has 1 N–H and O–H groups in total. The standard InChI is InChI=1S/C33H37IN2O5/c1-19-14-23-30(33(39)36(32(23)38)22-8-4-3-5-9-22)24-18-41-27(29(19)24)12-11-21(26-10-6-7-13-35-26)15-20-16-25(34)31(37)28(17-20)40-2/h6-7,10,13,15-17,22-24,27,30,37H,3-5,8-9,11-12,14,18H2,1-2H3/b21-15-/t23-,24+,27-,30-/m1/s1. The zero-order chi connectivity index (χ0) is 28.7. The number of ether oxygens (including phenoxy) is 2. The fourth-order valence-electron chi connectivity index (χ4n) is 7.50. The summed E-state index contributed by atoms with van der Waals surface area (Å²) < 4.78 is 12.5. The fraction of sp³-hybridized carbons (Fsp3) is 0.485. The van der Waals surface area contributed by atoms with Gasteiger partial charge in [0.1, 0.15) is 0 Å². The van der Waals surface area contributed by atoms with Gasteiger partial charge in [0.05, 0.1) is 40.9 Å². The Labute approximate surface area is 255 Å². The minimum atomic E-state index is -0.287. The van der Waals surface area contributed by atoms with Crippen LogP contribution >= 0.6 is 22.6 Å². The van der Waals surface area contributed by atoms with Crippen LogP contribution < -0.4 is 4.74 Å². The number of methoxy groups -OCH3 is 1. The first-order chi connectivity index (χ1) is 19.9. The van der Waals surface area contributed by atoms with Crippen molar-refractivity contribution in [1.82, 2.24) is 9.88 Å². The Morgan fingerprint density at radius 3 is 2.71 bits per heavy atom. The summed E-state index contributed by atoms with van der Waals surface area (Å²) in [6.07, 6.45) is 11.2. The number of carbonyl (C=O) groups is 2. The Morgan fingerprint density at radius 2 is 1.98 bits per heavy atom. The highest BCUT2D eigenvalue weighted by atomic mass is 127. The highest BCUT2D eigenvalue weighted by Crippen LogP contribution is 2.50. The Bertz CT molecular complexity index is 1400. The smallest absolute Gasteiger partial charge is 0.234 e. The third-order valence-corrected chi connectivity index (χ3v) is 10.2. The van der Waals surface area contributed by atoms with Crippen molar-refractivity contribution in [2.24, 2.45) is 17.8 Å². The van der Waals surface area contributed by atoms with Gasteiger partial charge in [0.25, 0.3) is 0 Å². The summed E-state index contributed by atoms with van der Waals surface area (Å²) in [5, 5.41) is 10.3. The normalized spacial score (nSPS) is 26.9. The summed E-state index contributed by atoms with van der Waals surface area (Å²) in [5.74, 6) is 0.108. The molecule has 2 aliphatic heterocycles. The molecule has 4 atom stereocenters. The van der Waals surface area contributed by atoms with Crippen molar-refractivity contribution in [1.29, 1.82) is 0 Å². The van der Waals surface area contributed by atoms with Gasteiger partial charge >= 0.3 is 0 Å². The number of nitrogens with zero attached hydrogens (tertiary/aromatic N) is 2. The molecular formula is C33H37IN2O5. The zero-order valence-electron chi connectivity index (χ0n) is 23.6. The molecule has 1 aromatic carbocycles. The van der Waals surface area contributed by atoms with Gasteiger partial charge in [0.15, 0.2) is 11.5 Å².